The maximum Gasteiger partial charge on any atom is 0.310 e. The van der Waals surface area contributed by atoms with E-state index in [9.17, 15) is 4.79 Å². The van der Waals surface area contributed by atoms with E-state index in [1.165, 1.54) is 0 Å². The van der Waals surface area contributed by atoms with E-state index in [0.29, 0.717) is 6.61 Å². The molecule has 1 aliphatic rings. The fourth-order valence-corrected chi connectivity index (χ4v) is 2.66. The summed E-state index contributed by atoms with van der Waals surface area (Å²) in [5.74, 6) is -0.297. The Hall–Kier alpha value is -0.990. The van der Waals surface area contributed by atoms with Crippen molar-refractivity contribution in [2.75, 3.05) is 0 Å². The molecule has 0 unspecified atom stereocenters. The maximum atomic E-state index is 12.0. The second-order valence-electron chi connectivity index (χ2n) is 5.37. The molecular formula is C15H16Cl2O2. The summed E-state index contributed by atoms with van der Waals surface area (Å²) in [6.45, 7) is 4.33. The van der Waals surface area contributed by atoms with E-state index in [2.05, 4.69) is 0 Å². The first kappa shape index (κ1) is 14.4. The van der Waals surface area contributed by atoms with Gasteiger partial charge in [-0.1, -0.05) is 67.4 Å². The van der Waals surface area contributed by atoms with Gasteiger partial charge in [0.05, 0.1) is 5.92 Å². The van der Waals surface area contributed by atoms with Crippen molar-refractivity contribution in [3.05, 3.63) is 46.5 Å². The lowest BCUT2D eigenvalue weighted by Gasteiger charge is -2.05. The Morgan fingerprint density at radius 3 is 2.53 bits per heavy atom. The number of ether oxygens (including phenoxy) is 1. The van der Waals surface area contributed by atoms with Crippen molar-refractivity contribution in [3.8, 4) is 0 Å². The van der Waals surface area contributed by atoms with Gasteiger partial charge in [0.25, 0.3) is 0 Å². The van der Waals surface area contributed by atoms with Gasteiger partial charge in [-0.3, -0.25) is 4.79 Å². The van der Waals surface area contributed by atoms with Crippen LogP contribution in [-0.2, 0) is 16.1 Å². The van der Waals surface area contributed by atoms with Crippen LogP contribution in [0.15, 0.2) is 40.9 Å². The topological polar surface area (TPSA) is 26.3 Å². The second kappa shape index (κ2) is 5.56. The second-order valence-corrected chi connectivity index (χ2v) is 6.38. The summed E-state index contributed by atoms with van der Waals surface area (Å²) < 4.78 is 5.55. The first-order valence-corrected chi connectivity index (χ1v) is 6.92. The van der Waals surface area contributed by atoms with Gasteiger partial charge in [0.1, 0.15) is 11.1 Å². The first-order valence-electron chi connectivity index (χ1n) is 6.16. The maximum absolute atomic E-state index is 12.0. The predicted octanol–water partition coefficient (Wildman–Crippen LogP) is 4.32. The van der Waals surface area contributed by atoms with Gasteiger partial charge in [0, 0.05) is 0 Å². The van der Waals surface area contributed by atoms with Gasteiger partial charge in [-0.25, -0.2) is 0 Å². The summed E-state index contributed by atoms with van der Waals surface area (Å²) in [5.41, 5.74) is 0.847. The zero-order valence-electron chi connectivity index (χ0n) is 10.9. The number of hydrogen-bond donors (Lipinski definition) is 0. The van der Waals surface area contributed by atoms with E-state index in [1.807, 2.05) is 44.2 Å². The fourth-order valence-electron chi connectivity index (χ4n) is 2.39. The van der Waals surface area contributed by atoms with Crippen LogP contribution in [0, 0.1) is 17.3 Å². The number of carbonyl (C=O) groups excluding carboxylic acids is 1. The molecule has 19 heavy (non-hydrogen) atoms. The monoisotopic (exact) mass is 298 g/mol. The van der Waals surface area contributed by atoms with Crippen LogP contribution in [0.25, 0.3) is 0 Å². The zero-order valence-corrected chi connectivity index (χ0v) is 12.4. The molecule has 0 N–H and O–H groups in total. The van der Waals surface area contributed by atoms with Crippen LogP contribution in [-0.4, -0.2) is 5.97 Å². The molecule has 0 amide bonds. The van der Waals surface area contributed by atoms with E-state index in [4.69, 9.17) is 27.9 Å². The van der Waals surface area contributed by atoms with Crippen LogP contribution >= 0.6 is 23.2 Å². The molecule has 0 bridgehead atoms. The SMILES string of the molecule is CC1(C)[C@H](C=C(Cl)Cl)[C@H]1C(=O)OCc1ccccc1. The summed E-state index contributed by atoms with van der Waals surface area (Å²) in [7, 11) is 0. The molecule has 1 aromatic carbocycles. The summed E-state index contributed by atoms with van der Waals surface area (Å²) in [4.78, 5) is 12.0. The Morgan fingerprint density at radius 2 is 1.95 bits per heavy atom. The molecule has 2 rings (SSSR count). The summed E-state index contributed by atoms with van der Waals surface area (Å²) >= 11 is 11.3. The lowest BCUT2D eigenvalue weighted by molar-refractivity contribution is -0.147. The summed E-state index contributed by atoms with van der Waals surface area (Å²) in [5, 5.41) is 0. The molecule has 0 aromatic heterocycles. The zero-order chi connectivity index (χ0) is 14.0. The fraction of sp³-hybridized carbons (Fsp3) is 0.400. The minimum absolute atomic E-state index is 0.0563. The van der Waals surface area contributed by atoms with Gasteiger partial charge in [-0.2, -0.15) is 0 Å². The highest BCUT2D eigenvalue weighted by Gasteiger charge is 2.61. The van der Waals surface area contributed by atoms with Crippen LogP contribution in [0.3, 0.4) is 0 Å². The van der Waals surface area contributed by atoms with Gasteiger partial charge < -0.3 is 4.74 Å². The molecule has 4 heteroatoms. The van der Waals surface area contributed by atoms with Crippen molar-refractivity contribution < 1.29 is 9.53 Å². The molecule has 0 radical (unpaired) electrons. The minimum atomic E-state index is -0.190. The highest BCUT2D eigenvalue weighted by molar-refractivity contribution is 6.55. The third kappa shape index (κ3) is 3.31. The number of hydrogen-bond acceptors (Lipinski definition) is 2. The predicted molar refractivity (Wildman–Crippen MR) is 76.8 cm³/mol. The molecule has 2 nitrogen and oxygen atoms in total. The largest absolute Gasteiger partial charge is 0.461 e. The van der Waals surface area contributed by atoms with Crippen molar-refractivity contribution in [2.24, 2.45) is 17.3 Å². The Morgan fingerprint density at radius 1 is 1.32 bits per heavy atom. The van der Waals surface area contributed by atoms with E-state index in [-0.39, 0.29) is 27.7 Å². The van der Waals surface area contributed by atoms with Gasteiger partial charge in [0.2, 0.25) is 0 Å². The average Bonchev–Trinajstić information content (AvgIpc) is 2.88. The molecule has 0 spiro atoms. The smallest absolute Gasteiger partial charge is 0.310 e. The molecule has 2 atom stereocenters. The third-order valence-electron chi connectivity index (χ3n) is 3.69. The molecule has 1 saturated carbocycles. The van der Waals surface area contributed by atoms with Crippen LogP contribution < -0.4 is 0 Å². The van der Waals surface area contributed by atoms with Crippen LogP contribution in [0.2, 0.25) is 0 Å². The summed E-state index contributed by atoms with van der Waals surface area (Å²) in [6, 6.07) is 9.63. The lowest BCUT2D eigenvalue weighted by atomic mass is 10.1. The van der Waals surface area contributed by atoms with E-state index in [0.717, 1.165) is 5.56 Å². The Kier molecular flexibility index (Phi) is 4.22. The van der Waals surface area contributed by atoms with Crippen molar-refractivity contribution in [2.45, 2.75) is 20.5 Å². The number of carbonyl (C=O) groups is 1. The van der Waals surface area contributed by atoms with Gasteiger partial charge in [-0.15, -0.1) is 0 Å². The number of allylic oxidation sites excluding steroid dienone is 1. The van der Waals surface area contributed by atoms with Crippen molar-refractivity contribution in [3.63, 3.8) is 0 Å². The minimum Gasteiger partial charge on any atom is -0.461 e. The van der Waals surface area contributed by atoms with Crippen molar-refractivity contribution in [1.82, 2.24) is 0 Å². The molecule has 0 heterocycles. The standard InChI is InChI=1S/C15H16Cl2O2/c1-15(2)11(8-12(16)17)13(15)14(18)19-9-10-6-4-3-5-7-10/h3-8,11,13H,9H2,1-2H3/t11-,13+/m1/s1. The van der Waals surface area contributed by atoms with Crippen LogP contribution in [0.5, 0.6) is 0 Å². The van der Waals surface area contributed by atoms with Crippen LogP contribution in [0.1, 0.15) is 19.4 Å². The number of esters is 1. The van der Waals surface area contributed by atoms with E-state index in [1.54, 1.807) is 6.08 Å². The molecule has 102 valence electrons. The molecular weight excluding hydrogens is 283 g/mol. The van der Waals surface area contributed by atoms with Crippen molar-refractivity contribution >= 4 is 29.2 Å². The molecule has 1 fully saturated rings. The normalized spacial score (nSPS) is 23.6. The van der Waals surface area contributed by atoms with Crippen molar-refractivity contribution in [1.29, 1.82) is 0 Å². The molecule has 0 saturated heterocycles. The third-order valence-corrected chi connectivity index (χ3v) is 3.95. The molecule has 0 aliphatic heterocycles. The number of rotatable bonds is 4. The average molecular weight is 299 g/mol. The highest BCUT2D eigenvalue weighted by Crippen LogP contribution is 2.60. The Balaban J connectivity index is 1.93. The van der Waals surface area contributed by atoms with Gasteiger partial charge in [0.15, 0.2) is 0 Å². The quantitative estimate of drug-likeness (QED) is 0.774. The van der Waals surface area contributed by atoms with Gasteiger partial charge >= 0.3 is 5.97 Å². The first-order chi connectivity index (χ1) is 8.93. The lowest BCUT2D eigenvalue weighted by Crippen LogP contribution is -2.10. The molecule has 1 aromatic rings. The van der Waals surface area contributed by atoms with E-state index < -0.39 is 0 Å². The highest BCUT2D eigenvalue weighted by atomic mass is 35.5. The van der Waals surface area contributed by atoms with Crippen LogP contribution in [0.4, 0.5) is 0 Å². The number of benzene rings is 1. The van der Waals surface area contributed by atoms with E-state index >= 15 is 0 Å². The molecule has 1 aliphatic carbocycles. The Bertz CT molecular complexity index is 490. The number of halogens is 2. The summed E-state index contributed by atoms with van der Waals surface area (Å²) in [6.07, 6.45) is 1.72. The van der Waals surface area contributed by atoms with Gasteiger partial charge in [-0.05, 0) is 23.0 Å². The Labute approximate surface area is 123 Å².